The number of nitrogens with zero attached hydrogens (tertiary/aromatic N) is 3. The molecule has 0 fully saturated rings. The smallest absolute Gasteiger partial charge is 0.258 e. The van der Waals surface area contributed by atoms with Crippen LogP contribution in [0, 0.1) is 0 Å². The van der Waals surface area contributed by atoms with Gasteiger partial charge in [0.2, 0.25) is 0 Å². The summed E-state index contributed by atoms with van der Waals surface area (Å²) < 4.78 is 0. The van der Waals surface area contributed by atoms with Crippen molar-refractivity contribution in [3.05, 3.63) is 94.6 Å². The first-order chi connectivity index (χ1) is 16.4. The number of hydrogen-bond acceptors (Lipinski definition) is 5. The molecule has 2 aromatic carbocycles. The second-order valence-electron chi connectivity index (χ2n) is 7.53. The van der Waals surface area contributed by atoms with E-state index in [2.05, 4.69) is 34.2 Å². The van der Waals surface area contributed by atoms with Gasteiger partial charge in [-0.3, -0.25) is 9.59 Å². The number of aromatic nitrogens is 1. The molecule has 0 bridgehead atoms. The minimum Gasteiger partial charge on any atom is -0.321 e. The van der Waals surface area contributed by atoms with Crippen molar-refractivity contribution in [2.75, 3.05) is 24.2 Å². The monoisotopic (exact) mass is 475 g/mol. The normalized spacial score (nSPS) is 10.7. The van der Waals surface area contributed by atoms with Gasteiger partial charge in [0.1, 0.15) is 5.82 Å². The minimum absolute atomic E-state index is 0.221. The summed E-state index contributed by atoms with van der Waals surface area (Å²) in [6.07, 6.45) is 6.01. The fourth-order valence-corrected chi connectivity index (χ4v) is 3.23. The number of anilines is 2. The van der Waals surface area contributed by atoms with Crippen molar-refractivity contribution >= 4 is 47.2 Å². The van der Waals surface area contributed by atoms with E-state index in [1.807, 2.05) is 24.2 Å². The van der Waals surface area contributed by atoms with Gasteiger partial charge in [0.05, 0.1) is 17.5 Å². The number of rotatable bonds is 9. The van der Waals surface area contributed by atoms with Crippen LogP contribution in [0.1, 0.15) is 45.2 Å². The minimum atomic E-state index is -0.445. The van der Waals surface area contributed by atoms with Crippen LogP contribution in [0.25, 0.3) is 6.08 Å². The Labute approximate surface area is 204 Å². The zero-order valence-corrected chi connectivity index (χ0v) is 19.8. The topological polar surface area (TPSA) is 86.7 Å². The van der Waals surface area contributed by atoms with Crippen LogP contribution in [-0.4, -0.2) is 41.6 Å². The lowest BCUT2D eigenvalue weighted by Crippen LogP contribution is -2.18. The number of carbonyl (C=O) groups is 2. The van der Waals surface area contributed by atoms with Gasteiger partial charge in [0.25, 0.3) is 11.8 Å². The first-order valence-electron chi connectivity index (χ1n) is 10.8. The number of hydrogen-bond donors (Lipinski definition) is 2. The number of nitrogens with one attached hydrogen (secondary N) is 2. The number of amides is 2. The summed E-state index contributed by atoms with van der Waals surface area (Å²) in [6.45, 7) is 6.64. The van der Waals surface area contributed by atoms with Crippen molar-refractivity contribution in [2.45, 2.75) is 13.3 Å². The predicted molar refractivity (Wildman–Crippen MR) is 139 cm³/mol. The van der Waals surface area contributed by atoms with Gasteiger partial charge in [-0.25, -0.2) is 4.98 Å². The largest absolute Gasteiger partial charge is 0.321 e. The van der Waals surface area contributed by atoms with Crippen LogP contribution in [0.4, 0.5) is 11.5 Å². The number of carbonyl (C=O) groups excluding carboxylic acids is 2. The molecule has 7 nitrogen and oxygen atoms in total. The van der Waals surface area contributed by atoms with Crippen molar-refractivity contribution < 1.29 is 9.59 Å². The molecule has 0 saturated carbocycles. The van der Waals surface area contributed by atoms with Crippen molar-refractivity contribution in [3.8, 4) is 0 Å². The van der Waals surface area contributed by atoms with Gasteiger partial charge in [0.15, 0.2) is 0 Å². The molecule has 0 aliphatic heterocycles. The zero-order chi connectivity index (χ0) is 24.5. The number of hydrazone groups is 1. The third-order valence-corrected chi connectivity index (χ3v) is 5.10. The van der Waals surface area contributed by atoms with Gasteiger partial charge in [0, 0.05) is 30.4 Å². The second-order valence-corrected chi connectivity index (χ2v) is 7.96. The standard InChI is InChI=1S/C26H26ClN5O2/c1-4-14-32(3)29-17-19-6-9-20(10-7-19)25(33)30-23-12-11-21(27)15-22(23)26(34)31-24-13-8-18(5-2)16-28-24/h5-13,15-17H,2,4,14H2,1,3H3,(H,30,33)(H,28,31,34). The summed E-state index contributed by atoms with van der Waals surface area (Å²) in [5, 5.41) is 12.1. The van der Waals surface area contributed by atoms with Crippen LogP contribution in [0.2, 0.25) is 5.02 Å². The van der Waals surface area contributed by atoms with Gasteiger partial charge in [-0.2, -0.15) is 5.10 Å². The average Bonchev–Trinajstić information content (AvgIpc) is 2.84. The fraction of sp³-hybridized carbons (Fsp3) is 0.154. The molecule has 0 saturated heterocycles. The average molecular weight is 476 g/mol. The molecule has 1 aromatic heterocycles. The molecule has 8 heteroatoms. The molecule has 2 amide bonds. The predicted octanol–water partition coefficient (Wildman–Crippen LogP) is 5.56. The summed E-state index contributed by atoms with van der Waals surface area (Å²) in [4.78, 5) is 29.9. The summed E-state index contributed by atoms with van der Waals surface area (Å²) >= 11 is 6.11. The zero-order valence-electron chi connectivity index (χ0n) is 19.1. The second kappa shape index (κ2) is 11.8. The van der Waals surface area contributed by atoms with Crippen LogP contribution in [0.3, 0.4) is 0 Å². The van der Waals surface area contributed by atoms with Gasteiger partial charge in [-0.05, 0) is 60.0 Å². The third kappa shape index (κ3) is 6.76. The molecule has 0 spiro atoms. The molecule has 3 aromatic rings. The molecule has 0 unspecified atom stereocenters. The number of pyridine rings is 1. The maximum Gasteiger partial charge on any atom is 0.258 e. The van der Waals surface area contributed by atoms with Crippen LogP contribution >= 0.6 is 11.6 Å². The maximum atomic E-state index is 12.9. The lowest BCUT2D eigenvalue weighted by molar-refractivity contribution is 0.102. The Morgan fingerprint density at radius 1 is 1.06 bits per heavy atom. The Balaban J connectivity index is 1.73. The quantitative estimate of drug-likeness (QED) is 0.313. The third-order valence-electron chi connectivity index (χ3n) is 4.86. The Morgan fingerprint density at radius 3 is 2.44 bits per heavy atom. The van der Waals surface area contributed by atoms with E-state index < -0.39 is 5.91 Å². The van der Waals surface area contributed by atoms with E-state index in [0.717, 1.165) is 24.1 Å². The lowest BCUT2D eigenvalue weighted by Gasteiger charge is -2.12. The number of halogens is 1. The van der Waals surface area contributed by atoms with Crippen molar-refractivity contribution in [3.63, 3.8) is 0 Å². The van der Waals surface area contributed by atoms with Crippen LogP contribution in [0.5, 0.6) is 0 Å². The summed E-state index contributed by atoms with van der Waals surface area (Å²) in [6, 6.07) is 15.2. The van der Waals surface area contributed by atoms with E-state index in [0.29, 0.717) is 22.1 Å². The lowest BCUT2D eigenvalue weighted by atomic mass is 10.1. The Kier molecular flexibility index (Phi) is 8.54. The van der Waals surface area contributed by atoms with Gasteiger partial charge in [-0.15, -0.1) is 0 Å². The summed E-state index contributed by atoms with van der Waals surface area (Å²) in [7, 11) is 1.91. The number of benzene rings is 2. The van der Waals surface area contributed by atoms with E-state index in [9.17, 15) is 9.59 Å². The van der Waals surface area contributed by atoms with Crippen molar-refractivity contribution in [1.29, 1.82) is 0 Å². The Bertz CT molecular complexity index is 1190. The molecular weight excluding hydrogens is 450 g/mol. The summed E-state index contributed by atoms with van der Waals surface area (Å²) in [5.41, 5.74) is 2.71. The molecule has 0 radical (unpaired) electrons. The highest BCUT2D eigenvalue weighted by atomic mass is 35.5. The van der Waals surface area contributed by atoms with Crippen molar-refractivity contribution in [1.82, 2.24) is 9.99 Å². The van der Waals surface area contributed by atoms with E-state index in [1.54, 1.807) is 54.9 Å². The highest BCUT2D eigenvalue weighted by molar-refractivity contribution is 6.31. The summed E-state index contributed by atoms with van der Waals surface area (Å²) in [5.74, 6) is -0.425. The van der Waals surface area contributed by atoms with E-state index in [-0.39, 0.29) is 11.5 Å². The van der Waals surface area contributed by atoms with Crippen LogP contribution < -0.4 is 10.6 Å². The van der Waals surface area contributed by atoms with Crippen molar-refractivity contribution in [2.24, 2.45) is 5.10 Å². The molecular formula is C26H26ClN5O2. The highest BCUT2D eigenvalue weighted by Gasteiger charge is 2.16. The van der Waals surface area contributed by atoms with Gasteiger partial charge in [-0.1, -0.05) is 43.3 Å². The van der Waals surface area contributed by atoms with E-state index >= 15 is 0 Å². The van der Waals surface area contributed by atoms with E-state index in [4.69, 9.17) is 11.6 Å². The molecule has 2 N–H and O–H groups in total. The SMILES string of the molecule is C=Cc1ccc(NC(=O)c2cc(Cl)ccc2NC(=O)c2ccc(C=NN(C)CCC)cc2)nc1. The molecule has 1 heterocycles. The molecule has 174 valence electrons. The van der Waals surface area contributed by atoms with Gasteiger partial charge < -0.3 is 15.6 Å². The molecule has 0 aliphatic rings. The highest BCUT2D eigenvalue weighted by Crippen LogP contribution is 2.23. The molecule has 0 atom stereocenters. The fourth-order valence-electron chi connectivity index (χ4n) is 3.06. The van der Waals surface area contributed by atoms with Gasteiger partial charge >= 0.3 is 0 Å². The first-order valence-corrected chi connectivity index (χ1v) is 11.1. The first kappa shape index (κ1) is 24.7. The molecule has 0 aliphatic carbocycles. The Hall–Kier alpha value is -3.97. The molecule has 34 heavy (non-hydrogen) atoms. The van der Waals surface area contributed by atoms with Crippen LogP contribution in [0.15, 0.2) is 72.5 Å². The van der Waals surface area contributed by atoms with E-state index in [1.165, 1.54) is 6.07 Å². The van der Waals surface area contributed by atoms with Crippen LogP contribution in [-0.2, 0) is 0 Å². The Morgan fingerprint density at radius 2 is 1.79 bits per heavy atom. The molecule has 3 rings (SSSR count). The maximum absolute atomic E-state index is 12.9.